The minimum absolute atomic E-state index is 0.181. The van der Waals surface area contributed by atoms with Gasteiger partial charge in [0.25, 0.3) is 0 Å². The summed E-state index contributed by atoms with van der Waals surface area (Å²) >= 11 is 0. The van der Waals surface area contributed by atoms with Crippen LogP contribution in [0.3, 0.4) is 0 Å². The monoisotopic (exact) mass is 268 g/mol. The van der Waals surface area contributed by atoms with Crippen LogP contribution in [0.25, 0.3) is 0 Å². The summed E-state index contributed by atoms with van der Waals surface area (Å²) in [6.07, 6.45) is 10.1. The Balaban J connectivity index is 2.07. The van der Waals surface area contributed by atoms with Crippen molar-refractivity contribution in [1.82, 2.24) is 5.43 Å². The zero-order valence-corrected chi connectivity index (χ0v) is 13.0. The van der Waals surface area contributed by atoms with Crippen LogP contribution >= 0.6 is 0 Å². The van der Waals surface area contributed by atoms with Crippen LogP contribution in [-0.4, -0.2) is 18.2 Å². The molecule has 0 aromatic heterocycles. The highest BCUT2D eigenvalue weighted by molar-refractivity contribution is 4.96. The molecular weight excluding hydrogens is 236 g/mol. The van der Waals surface area contributed by atoms with Gasteiger partial charge in [-0.05, 0) is 43.4 Å². The minimum atomic E-state index is 0.181. The van der Waals surface area contributed by atoms with E-state index in [0.29, 0.717) is 12.0 Å². The van der Waals surface area contributed by atoms with E-state index in [1.54, 1.807) is 0 Å². The number of nitrogens with two attached hydrogens (primary N) is 1. The summed E-state index contributed by atoms with van der Waals surface area (Å²) in [6.45, 7) is 7.85. The van der Waals surface area contributed by atoms with Crippen LogP contribution in [0.5, 0.6) is 0 Å². The molecule has 1 aliphatic carbocycles. The van der Waals surface area contributed by atoms with E-state index < -0.39 is 0 Å². The third-order valence-electron chi connectivity index (χ3n) is 5.70. The molecule has 1 saturated heterocycles. The molecule has 0 bridgehead atoms. The number of hydrogen-bond donors (Lipinski definition) is 2. The van der Waals surface area contributed by atoms with Crippen LogP contribution in [-0.2, 0) is 4.74 Å². The standard InChI is InChI=1S/C16H32N2O/c1-4-15(2,3)14(18-17)13-8-11-19-16(12-13)9-6-5-7-10-16/h13-14,18H,4-12,17H2,1-3H3. The van der Waals surface area contributed by atoms with Crippen molar-refractivity contribution >= 4 is 0 Å². The van der Waals surface area contributed by atoms with E-state index in [4.69, 9.17) is 10.6 Å². The summed E-state index contributed by atoms with van der Waals surface area (Å²) in [7, 11) is 0. The van der Waals surface area contributed by atoms with Crippen LogP contribution in [0.2, 0.25) is 0 Å². The van der Waals surface area contributed by atoms with E-state index in [2.05, 4.69) is 26.2 Å². The van der Waals surface area contributed by atoms with Crippen LogP contribution in [0.4, 0.5) is 0 Å². The van der Waals surface area contributed by atoms with Gasteiger partial charge in [0.2, 0.25) is 0 Å². The molecular formula is C16H32N2O. The molecule has 1 heterocycles. The van der Waals surface area contributed by atoms with Gasteiger partial charge in [-0.3, -0.25) is 11.3 Å². The second-order valence-corrected chi connectivity index (χ2v) is 7.33. The lowest BCUT2D eigenvalue weighted by molar-refractivity contribution is -0.127. The topological polar surface area (TPSA) is 47.3 Å². The van der Waals surface area contributed by atoms with Crippen molar-refractivity contribution in [1.29, 1.82) is 0 Å². The first-order chi connectivity index (χ1) is 9.03. The quantitative estimate of drug-likeness (QED) is 0.607. The predicted molar refractivity (Wildman–Crippen MR) is 79.7 cm³/mol. The van der Waals surface area contributed by atoms with Gasteiger partial charge < -0.3 is 4.74 Å². The van der Waals surface area contributed by atoms with Crippen molar-refractivity contribution in [3.05, 3.63) is 0 Å². The van der Waals surface area contributed by atoms with Gasteiger partial charge >= 0.3 is 0 Å². The second kappa shape index (κ2) is 6.11. The fraction of sp³-hybridized carbons (Fsp3) is 1.00. The van der Waals surface area contributed by atoms with Gasteiger partial charge in [-0.15, -0.1) is 0 Å². The van der Waals surface area contributed by atoms with E-state index >= 15 is 0 Å². The molecule has 3 N–H and O–H groups in total. The summed E-state index contributed by atoms with van der Waals surface area (Å²) in [5.41, 5.74) is 3.57. The Bertz CT molecular complexity index is 279. The van der Waals surface area contributed by atoms with Crippen LogP contribution in [0, 0.1) is 11.3 Å². The lowest BCUT2D eigenvalue weighted by atomic mass is 9.68. The number of hydrogen-bond acceptors (Lipinski definition) is 3. The second-order valence-electron chi connectivity index (χ2n) is 7.33. The van der Waals surface area contributed by atoms with E-state index in [-0.39, 0.29) is 11.0 Å². The summed E-state index contributed by atoms with van der Waals surface area (Å²) < 4.78 is 6.21. The van der Waals surface area contributed by atoms with Crippen LogP contribution in [0.1, 0.15) is 72.1 Å². The molecule has 0 aromatic carbocycles. The van der Waals surface area contributed by atoms with Crippen molar-refractivity contribution in [2.75, 3.05) is 6.61 Å². The first-order valence-electron chi connectivity index (χ1n) is 8.13. The Morgan fingerprint density at radius 3 is 2.58 bits per heavy atom. The van der Waals surface area contributed by atoms with E-state index in [9.17, 15) is 0 Å². The van der Waals surface area contributed by atoms with Gasteiger partial charge in [-0.1, -0.05) is 40.0 Å². The normalized spacial score (nSPS) is 29.4. The number of nitrogens with one attached hydrogen (secondary N) is 1. The van der Waals surface area contributed by atoms with E-state index in [1.807, 2.05) is 0 Å². The van der Waals surface area contributed by atoms with Gasteiger partial charge in [0.1, 0.15) is 0 Å². The molecule has 0 amide bonds. The van der Waals surface area contributed by atoms with Gasteiger partial charge in [-0.25, -0.2) is 0 Å². The summed E-state index contributed by atoms with van der Waals surface area (Å²) in [4.78, 5) is 0. The Morgan fingerprint density at radius 2 is 2.00 bits per heavy atom. The summed E-state index contributed by atoms with van der Waals surface area (Å²) in [5, 5.41) is 0. The molecule has 0 aromatic rings. The van der Waals surface area contributed by atoms with Crippen LogP contribution in [0.15, 0.2) is 0 Å². The molecule has 1 aliphatic heterocycles. The fourth-order valence-corrected chi connectivity index (χ4v) is 4.11. The maximum Gasteiger partial charge on any atom is 0.0685 e. The summed E-state index contributed by atoms with van der Waals surface area (Å²) in [6, 6.07) is 0.403. The van der Waals surface area contributed by atoms with Gasteiger partial charge in [-0.2, -0.15) is 0 Å². The maximum atomic E-state index is 6.21. The Kier molecular flexibility index (Phi) is 4.91. The first-order valence-corrected chi connectivity index (χ1v) is 8.13. The first kappa shape index (κ1) is 15.3. The molecule has 2 unspecified atom stereocenters. The van der Waals surface area contributed by atoms with Crippen LogP contribution < -0.4 is 11.3 Å². The fourth-order valence-electron chi connectivity index (χ4n) is 4.11. The lowest BCUT2D eigenvalue weighted by Gasteiger charge is -2.48. The molecule has 2 atom stereocenters. The molecule has 2 fully saturated rings. The van der Waals surface area contributed by atoms with Gasteiger partial charge in [0.15, 0.2) is 0 Å². The largest absolute Gasteiger partial charge is 0.375 e. The highest BCUT2D eigenvalue weighted by Crippen LogP contribution is 2.44. The number of ether oxygens (including phenoxy) is 1. The third kappa shape index (κ3) is 3.32. The molecule has 0 radical (unpaired) electrons. The van der Waals surface area contributed by atoms with Crippen molar-refractivity contribution in [2.45, 2.75) is 83.8 Å². The Labute approximate surface area is 118 Å². The zero-order valence-electron chi connectivity index (χ0n) is 13.0. The summed E-state index contributed by atoms with van der Waals surface area (Å²) in [5.74, 6) is 6.55. The third-order valence-corrected chi connectivity index (χ3v) is 5.70. The van der Waals surface area contributed by atoms with E-state index in [0.717, 1.165) is 19.4 Å². The minimum Gasteiger partial charge on any atom is -0.375 e. The molecule has 3 nitrogen and oxygen atoms in total. The molecule has 1 spiro atoms. The number of hydrazine groups is 1. The maximum absolute atomic E-state index is 6.21. The van der Waals surface area contributed by atoms with Crippen molar-refractivity contribution in [2.24, 2.45) is 17.2 Å². The highest BCUT2D eigenvalue weighted by atomic mass is 16.5. The molecule has 112 valence electrons. The van der Waals surface area contributed by atoms with Gasteiger partial charge in [0.05, 0.1) is 5.60 Å². The SMILES string of the molecule is CCC(C)(C)C(NN)C1CCOC2(CCCCC2)C1. The molecule has 2 aliphatic rings. The van der Waals surface area contributed by atoms with Gasteiger partial charge in [0, 0.05) is 12.6 Å². The molecule has 2 rings (SSSR count). The molecule has 1 saturated carbocycles. The average molecular weight is 268 g/mol. The smallest absolute Gasteiger partial charge is 0.0685 e. The Morgan fingerprint density at radius 1 is 1.32 bits per heavy atom. The van der Waals surface area contributed by atoms with Crippen molar-refractivity contribution in [3.63, 3.8) is 0 Å². The predicted octanol–water partition coefficient (Wildman–Crippen LogP) is 3.38. The zero-order chi connectivity index (χ0) is 13.9. The Hall–Kier alpha value is -0.120. The molecule has 3 heteroatoms. The van der Waals surface area contributed by atoms with Crippen molar-refractivity contribution < 1.29 is 4.74 Å². The average Bonchev–Trinajstić information content (AvgIpc) is 2.40. The van der Waals surface area contributed by atoms with E-state index in [1.165, 1.54) is 38.5 Å². The lowest BCUT2D eigenvalue weighted by Crippen LogP contribution is -2.54. The number of rotatable bonds is 4. The molecule has 19 heavy (non-hydrogen) atoms. The van der Waals surface area contributed by atoms with Crippen molar-refractivity contribution in [3.8, 4) is 0 Å². The highest BCUT2D eigenvalue weighted by Gasteiger charge is 2.43.